The average Bonchev–Trinajstić information content (AvgIpc) is 2.72. The predicted molar refractivity (Wildman–Crippen MR) is 84.3 cm³/mol. The third-order valence-corrected chi connectivity index (χ3v) is 4.26. The fraction of sp³-hybridized carbons (Fsp3) is 0.750. The third-order valence-electron chi connectivity index (χ3n) is 4.26. The molecule has 2 rings (SSSR count). The third kappa shape index (κ3) is 3.69. The van der Waals surface area contributed by atoms with Gasteiger partial charge in [-0.05, 0) is 38.8 Å². The highest BCUT2D eigenvalue weighted by atomic mass is 15.1. The number of rotatable bonds is 6. The van der Waals surface area contributed by atoms with E-state index in [9.17, 15) is 0 Å². The van der Waals surface area contributed by atoms with E-state index < -0.39 is 0 Å². The number of anilines is 1. The Labute approximate surface area is 123 Å². The molecule has 4 nitrogen and oxygen atoms in total. The van der Waals surface area contributed by atoms with Gasteiger partial charge in [-0.2, -0.15) is 0 Å². The lowest BCUT2D eigenvalue weighted by Gasteiger charge is -2.18. The van der Waals surface area contributed by atoms with Crippen LogP contribution in [0.15, 0.2) is 0 Å². The summed E-state index contributed by atoms with van der Waals surface area (Å²) >= 11 is 0. The van der Waals surface area contributed by atoms with Crippen LogP contribution in [0.2, 0.25) is 0 Å². The van der Waals surface area contributed by atoms with Gasteiger partial charge in [0.25, 0.3) is 0 Å². The van der Waals surface area contributed by atoms with Crippen molar-refractivity contribution in [2.24, 2.45) is 0 Å². The number of nitrogens with zero attached hydrogens (tertiary/aromatic N) is 3. The van der Waals surface area contributed by atoms with Crippen molar-refractivity contribution >= 4 is 5.82 Å². The molecule has 1 aromatic rings. The van der Waals surface area contributed by atoms with Crippen LogP contribution in [0.5, 0.6) is 0 Å². The molecule has 1 aromatic heterocycles. The maximum atomic E-state index is 4.84. The molecular weight excluding hydrogens is 248 g/mol. The second-order valence-corrected chi connectivity index (χ2v) is 5.50. The molecule has 0 spiro atoms. The molecule has 1 N–H and O–H groups in total. The first kappa shape index (κ1) is 15.2. The van der Waals surface area contributed by atoms with Gasteiger partial charge in [-0.1, -0.05) is 20.3 Å². The summed E-state index contributed by atoms with van der Waals surface area (Å²) in [5.41, 5.74) is 2.65. The smallest absolute Gasteiger partial charge is 0.132 e. The van der Waals surface area contributed by atoms with Gasteiger partial charge in [-0.15, -0.1) is 0 Å². The van der Waals surface area contributed by atoms with E-state index in [1.165, 1.54) is 30.5 Å². The maximum Gasteiger partial charge on any atom is 0.132 e. The first-order chi connectivity index (χ1) is 9.78. The summed E-state index contributed by atoms with van der Waals surface area (Å²) < 4.78 is 0. The normalized spacial score (nSPS) is 15.0. The zero-order valence-electron chi connectivity index (χ0n) is 13.2. The molecule has 4 heteroatoms. The van der Waals surface area contributed by atoms with E-state index in [-0.39, 0.29) is 0 Å². The molecule has 112 valence electrons. The number of nitrogens with one attached hydrogen (secondary N) is 1. The number of likely N-dealkylation sites (N-methyl/N-ethyl adjacent to an activating group) is 1. The Balaban J connectivity index is 2.16. The average molecular weight is 276 g/mol. The summed E-state index contributed by atoms with van der Waals surface area (Å²) in [6.07, 6.45) is 7.04. The molecule has 1 aliphatic carbocycles. The lowest BCUT2D eigenvalue weighted by Crippen LogP contribution is -2.26. The summed E-state index contributed by atoms with van der Waals surface area (Å²) in [5.74, 6) is 2.06. The minimum absolute atomic E-state index is 0.948. The van der Waals surface area contributed by atoms with Gasteiger partial charge < -0.3 is 10.2 Å². The van der Waals surface area contributed by atoms with Crippen molar-refractivity contribution in [2.75, 3.05) is 32.0 Å². The van der Waals surface area contributed by atoms with E-state index in [0.29, 0.717) is 0 Å². The standard InChI is InChI=1S/C16H28N4/c1-4-20(5-2)12-11-15-18-14-10-8-6-7-9-13(14)16(17-3)19-15/h4-12H2,1-3H3,(H,17,18,19). The van der Waals surface area contributed by atoms with Crippen molar-refractivity contribution in [2.45, 2.75) is 52.4 Å². The summed E-state index contributed by atoms with van der Waals surface area (Å²) in [4.78, 5) is 12.0. The van der Waals surface area contributed by atoms with Gasteiger partial charge >= 0.3 is 0 Å². The van der Waals surface area contributed by atoms with E-state index in [1.807, 2.05) is 7.05 Å². The predicted octanol–water partition coefficient (Wildman–Crippen LogP) is 2.67. The summed E-state index contributed by atoms with van der Waals surface area (Å²) in [5, 5.41) is 3.27. The van der Waals surface area contributed by atoms with Crippen LogP contribution in [0.25, 0.3) is 0 Å². The van der Waals surface area contributed by atoms with Crippen LogP contribution in [0.1, 0.15) is 50.2 Å². The molecule has 0 saturated heterocycles. The number of aryl methyl sites for hydroxylation is 1. The van der Waals surface area contributed by atoms with Crippen LogP contribution in [0.4, 0.5) is 5.82 Å². The molecule has 0 aliphatic heterocycles. The lowest BCUT2D eigenvalue weighted by atomic mass is 10.1. The van der Waals surface area contributed by atoms with Crippen molar-refractivity contribution in [3.8, 4) is 0 Å². The number of hydrogen-bond acceptors (Lipinski definition) is 4. The van der Waals surface area contributed by atoms with Crippen molar-refractivity contribution < 1.29 is 0 Å². The van der Waals surface area contributed by atoms with Gasteiger partial charge in [0, 0.05) is 31.3 Å². The van der Waals surface area contributed by atoms with Gasteiger partial charge in [0.2, 0.25) is 0 Å². The van der Waals surface area contributed by atoms with Crippen LogP contribution in [-0.2, 0) is 19.3 Å². The van der Waals surface area contributed by atoms with Crippen molar-refractivity contribution in [1.82, 2.24) is 14.9 Å². The summed E-state index contributed by atoms with van der Waals surface area (Å²) in [6.45, 7) is 7.66. The maximum absolute atomic E-state index is 4.84. The Morgan fingerprint density at radius 3 is 2.50 bits per heavy atom. The molecule has 0 bridgehead atoms. The van der Waals surface area contributed by atoms with Crippen LogP contribution in [0, 0.1) is 0 Å². The van der Waals surface area contributed by atoms with Crippen LogP contribution >= 0.6 is 0 Å². The van der Waals surface area contributed by atoms with Gasteiger partial charge in [0.15, 0.2) is 0 Å². The fourth-order valence-electron chi connectivity index (χ4n) is 2.94. The zero-order valence-corrected chi connectivity index (χ0v) is 13.2. The van der Waals surface area contributed by atoms with Gasteiger partial charge in [0.05, 0.1) is 0 Å². The Bertz CT molecular complexity index is 427. The first-order valence-corrected chi connectivity index (χ1v) is 8.07. The van der Waals surface area contributed by atoms with Gasteiger partial charge in [-0.25, -0.2) is 9.97 Å². The van der Waals surface area contributed by atoms with Crippen molar-refractivity contribution in [1.29, 1.82) is 0 Å². The number of hydrogen-bond donors (Lipinski definition) is 1. The van der Waals surface area contributed by atoms with Crippen LogP contribution in [0.3, 0.4) is 0 Å². The number of aromatic nitrogens is 2. The summed E-state index contributed by atoms with van der Waals surface area (Å²) in [6, 6.07) is 0. The molecule has 0 aromatic carbocycles. The molecule has 0 amide bonds. The molecular formula is C16H28N4. The summed E-state index contributed by atoms with van der Waals surface area (Å²) in [7, 11) is 1.97. The highest BCUT2D eigenvalue weighted by Crippen LogP contribution is 2.24. The zero-order chi connectivity index (χ0) is 14.4. The SMILES string of the molecule is CCN(CC)CCc1nc2c(c(NC)n1)CCCCC2. The van der Waals surface area contributed by atoms with E-state index in [2.05, 4.69) is 24.1 Å². The number of fused-ring (bicyclic) bond motifs is 1. The largest absolute Gasteiger partial charge is 0.373 e. The minimum Gasteiger partial charge on any atom is -0.373 e. The molecule has 0 unspecified atom stereocenters. The van der Waals surface area contributed by atoms with Crippen LogP contribution in [-0.4, -0.2) is 41.5 Å². The topological polar surface area (TPSA) is 41.1 Å². The Hall–Kier alpha value is -1.16. The molecule has 0 fully saturated rings. The molecule has 1 heterocycles. The highest BCUT2D eigenvalue weighted by molar-refractivity contribution is 5.46. The Kier molecular flexibility index (Phi) is 5.77. The second-order valence-electron chi connectivity index (χ2n) is 5.50. The van der Waals surface area contributed by atoms with E-state index in [4.69, 9.17) is 9.97 Å². The highest BCUT2D eigenvalue weighted by Gasteiger charge is 2.16. The van der Waals surface area contributed by atoms with Crippen molar-refractivity contribution in [3.05, 3.63) is 17.1 Å². The monoisotopic (exact) mass is 276 g/mol. The second kappa shape index (κ2) is 7.58. The Morgan fingerprint density at radius 1 is 1.05 bits per heavy atom. The van der Waals surface area contributed by atoms with Crippen molar-refractivity contribution in [3.63, 3.8) is 0 Å². The lowest BCUT2D eigenvalue weighted by molar-refractivity contribution is 0.305. The molecule has 20 heavy (non-hydrogen) atoms. The van der Waals surface area contributed by atoms with E-state index in [1.54, 1.807) is 0 Å². The minimum atomic E-state index is 0.948. The molecule has 0 atom stereocenters. The molecule has 1 aliphatic rings. The quantitative estimate of drug-likeness (QED) is 0.811. The van der Waals surface area contributed by atoms with E-state index in [0.717, 1.165) is 50.5 Å². The fourth-order valence-corrected chi connectivity index (χ4v) is 2.94. The first-order valence-electron chi connectivity index (χ1n) is 8.07. The van der Waals surface area contributed by atoms with Crippen LogP contribution < -0.4 is 5.32 Å². The Morgan fingerprint density at radius 2 is 1.80 bits per heavy atom. The van der Waals surface area contributed by atoms with Gasteiger partial charge in [0.1, 0.15) is 11.6 Å². The molecule has 0 saturated carbocycles. The molecule has 0 radical (unpaired) electrons. The van der Waals surface area contributed by atoms with Gasteiger partial charge in [-0.3, -0.25) is 0 Å². The van der Waals surface area contributed by atoms with E-state index >= 15 is 0 Å².